The summed E-state index contributed by atoms with van der Waals surface area (Å²) < 4.78 is 0. The molecular weight excluding hydrogens is 226 g/mol. The first-order valence-corrected chi connectivity index (χ1v) is 5.77. The van der Waals surface area contributed by atoms with Crippen LogP contribution in [0.15, 0.2) is 48.7 Å². The van der Waals surface area contributed by atoms with E-state index in [2.05, 4.69) is 12.1 Å². The molecule has 0 aliphatic heterocycles. The molecule has 2 aromatic rings. The van der Waals surface area contributed by atoms with Gasteiger partial charge >= 0.3 is 0 Å². The summed E-state index contributed by atoms with van der Waals surface area (Å²) in [6.45, 7) is 0. The number of nitrogens with zero attached hydrogens (tertiary/aromatic N) is 1. The molecule has 0 radical (unpaired) electrons. The van der Waals surface area contributed by atoms with E-state index in [1.54, 1.807) is 0 Å². The van der Waals surface area contributed by atoms with Crippen molar-refractivity contribution < 1.29 is 4.92 Å². The van der Waals surface area contributed by atoms with Gasteiger partial charge < -0.3 is 0 Å². The van der Waals surface area contributed by atoms with E-state index in [-0.39, 0.29) is 0 Å². The summed E-state index contributed by atoms with van der Waals surface area (Å²) in [7, 11) is 0. The van der Waals surface area contributed by atoms with Crippen LogP contribution in [0.2, 0.25) is 0 Å². The molecule has 18 heavy (non-hydrogen) atoms. The SMILES string of the molecule is O=[N+]([O-])/C=C/c1ccc2c(c1)Cc1ccccc1-2. The third kappa shape index (κ3) is 1.80. The van der Waals surface area contributed by atoms with Crippen molar-refractivity contribution in [2.24, 2.45) is 0 Å². The molecule has 3 rings (SSSR count). The predicted molar refractivity (Wildman–Crippen MR) is 70.7 cm³/mol. The lowest BCUT2D eigenvalue weighted by Gasteiger charge is -2.01. The number of nitro groups is 1. The molecule has 0 heterocycles. The Bertz CT molecular complexity index is 659. The van der Waals surface area contributed by atoms with E-state index in [1.165, 1.54) is 28.3 Å². The predicted octanol–water partition coefficient (Wildman–Crippen LogP) is 3.51. The first-order chi connectivity index (χ1) is 8.74. The molecule has 3 heteroatoms. The van der Waals surface area contributed by atoms with Gasteiger partial charge in [0.2, 0.25) is 6.20 Å². The second kappa shape index (κ2) is 4.11. The van der Waals surface area contributed by atoms with E-state index in [0.717, 1.165) is 18.2 Å². The van der Waals surface area contributed by atoms with Crippen molar-refractivity contribution in [2.75, 3.05) is 0 Å². The van der Waals surface area contributed by atoms with Crippen LogP contribution < -0.4 is 0 Å². The molecule has 0 aromatic heterocycles. The minimum absolute atomic E-state index is 0.442. The van der Waals surface area contributed by atoms with Gasteiger partial charge in [0.1, 0.15) is 0 Å². The number of fused-ring (bicyclic) bond motifs is 3. The molecule has 1 aliphatic rings. The fraction of sp³-hybridized carbons (Fsp3) is 0.0667. The molecule has 0 atom stereocenters. The van der Waals surface area contributed by atoms with E-state index >= 15 is 0 Å². The van der Waals surface area contributed by atoms with Crippen molar-refractivity contribution in [2.45, 2.75) is 6.42 Å². The Labute approximate surface area is 105 Å². The van der Waals surface area contributed by atoms with Crippen LogP contribution >= 0.6 is 0 Å². The summed E-state index contributed by atoms with van der Waals surface area (Å²) in [6, 6.07) is 14.3. The highest BCUT2D eigenvalue weighted by molar-refractivity contribution is 5.77. The summed E-state index contributed by atoms with van der Waals surface area (Å²) in [4.78, 5) is 9.86. The summed E-state index contributed by atoms with van der Waals surface area (Å²) in [5, 5.41) is 10.3. The van der Waals surface area contributed by atoms with Crippen LogP contribution in [0.5, 0.6) is 0 Å². The number of hydrogen-bond acceptors (Lipinski definition) is 2. The molecule has 0 saturated heterocycles. The maximum absolute atomic E-state index is 10.3. The molecule has 0 bridgehead atoms. The van der Waals surface area contributed by atoms with Crippen LogP contribution in [-0.4, -0.2) is 4.92 Å². The van der Waals surface area contributed by atoms with Gasteiger partial charge in [-0.2, -0.15) is 0 Å². The summed E-state index contributed by atoms with van der Waals surface area (Å²) in [6.07, 6.45) is 3.42. The molecule has 0 unspecified atom stereocenters. The van der Waals surface area contributed by atoms with E-state index in [9.17, 15) is 10.1 Å². The highest BCUT2D eigenvalue weighted by atomic mass is 16.6. The topological polar surface area (TPSA) is 43.1 Å². The van der Waals surface area contributed by atoms with Crippen molar-refractivity contribution in [3.8, 4) is 11.1 Å². The smallest absolute Gasteiger partial charge is 0.235 e. The van der Waals surface area contributed by atoms with Crippen LogP contribution in [0.4, 0.5) is 0 Å². The maximum Gasteiger partial charge on any atom is 0.235 e. The van der Waals surface area contributed by atoms with Crippen molar-refractivity contribution in [1.29, 1.82) is 0 Å². The van der Waals surface area contributed by atoms with E-state index in [4.69, 9.17) is 0 Å². The quantitative estimate of drug-likeness (QED) is 0.505. The second-order valence-corrected chi connectivity index (χ2v) is 4.35. The molecule has 0 amide bonds. The van der Waals surface area contributed by atoms with Crippen molar-refractivity contribution >= 4 is 6.08 Å². The van der Waals surface area contributed by atoms with E-state index in [1.807, 2.05) is 30.3 Å². The fourth-order valence-corrected chi connectivity index (χ4v) is 2.42. The maximum atomic E-state index is 10.3. The van der Waals surface area contributed by atoms with Gasteiger partial charge in [0, 0.05) is 6.08 Å². The molecule has 1 aliphatic carbocycles. The molecular formula is C15H11NO2. The van der Waals surface area contributed by atoms with Gasteiger partial charge in [-0.25, -0.2) is 0 Å². The summed E-state index contributed by atoms with van der Waals surface area (Å²) in [5.74, 6) is 0. The van der Waals surface area contributed by atoms with Crippen molar-refractivity contribution in [3.63, 3.8) is 0 Å². The van der Waals surface area contributed by atoms with Crippen LogP contribution in [0.3, 0.4) is 0 Å². The molecule has 0 fully saturated rings. The number of rotatable bonds is 2. The molecule has 3 nitrogen and oxygen atoms in total. The first-order valence-electron chi connectivity index (χ1n) is 5.77. The highest BCUT2D eigenvalue weighted by Crippen LogP contribution is 2.36. The van der Waals surface area contributed by atoms with Gasteiger partial charge in [0.15, 0.2) is 0 Å². The Kier molecular flexibility index (Phi) is 2.45. The van der Waals surface area contributed by atoms with Gasteiger partial charge in [-0.1, -0.05) is 42.5 Å². The lowest BCUT2D eigenvalue weighted by molar-refractivity contribution is -0.400. The Hall–Kier alpha value is -2.42. The molecule has 2 aromatic carbocycles. The molecule has 0 spiro atoms. The van der Waals surface area contributed by atoms with E-state index in [0.29, 0.717) is 0 Å². The Balaban J connectivity index is 2.01. The zero-order chi connectivity index (χ0) is 12.5. The monoisotopic (exact) mass is 237 g/mol. The minimum Gasteiger partial charge on any atom is -0.259 e. The van der Waals surface area contributed by atoms with Crippen LogP contribution in [0.25, 0.3) is 17.2 Å². The summed E-state index contributed by atoms with van der Waals surface area (Å²) in [5.41, 5.74) is 5.95. The van der Waals surface area contributed by atoms with Gasteiger partial charge in [-0.05, 0) is 34.2 Å². The van der Waals surface area contributed by atoms with Crippen molar-refractivity contribution in [3.05, 3.63) is 75.5 Å². The van der Waals surface area contributed by atoms with E-state index < -0.39 is 4.92 Å². The zero-order valence-corrected chi connectivity index (χ0v) is 9.67. The normalized spacial score (nSPS) is 12.4. The van der Waals surface area contributed by atoms with Crippen LogP contribution in [0, 0.1) is 10.1 Å². The highest BCUT2D eigenvalue weighted by Gasteiger charge is 2.17. The largest absolute Gasteiger partial charge is 0.259 e. The third-order valence-electron chi connectivity index (χ3n) is 3.21. The third-order valence-corrected chi connectivity index (χ3v) is 3.21. The summed E-state index contributed by atoms with van der Waals surface area (Å²) >= 11 is 0. The Morgan fingerprint density at radius 2 is 1.83 bits per heavy atom. The lowest BCUT2D eigenvalue weighted by atomic mass is 10.0. The van der Waals surface area contributed by atoms with Crippen LogP contribution in [-0.2, 0) is 6.42 Å². The average Bonchev–Trinajstić information content (AvgIpc) is 2.73. The second-order valence-electron chi connectivity index (χ2n) is 4.35. The first kappa shape index (κ1) is 10.7. The van der Waals surface area contributed by atoms with Gasteiger partial charge in [-0.3, -0.25) is 10.1 Å². The van der Waals surface area contributed by atoms with Gasteiger partial charge in [0.05, 0.1) is 4.92 Å². The number of benzene rings is 2. The lowest BCUT2D eigenvalue weighted by Crippen LogP contribution is -1.85. The standard InChI is InChI=1S/C15H11NO2/c17-16(18)8-7-11-5-6-15-13(9-11)10-12-3-1-2-4-14(12)15/h1-9H,10H2/b8-7+. The average molecular weight is 237 g/mol. The van der Waals surface area contributed by atoms with Crippen LogP contribution in [0.1, 0.15) is 16.7 Å². The Morgan fingerprint density at radius 1 is 1.06 bits per heavy atom. The molecule has 0 N–H and O–H groups in total. The van der Waals surface area contributed by atoms with Gasteiger partial charge in [-0.15, -0.1) is 0 Å². The molecule has 88 valence electrons. The zero-order valence-electron chi connectivity index (χ0n) is 9.67. The Morgan fingerprint density at radius 3 is 2.67 bits per heavy atom. The number of hydrogen-bond donors (Lipinski definition) is 0. The minimum atomic E-state index is -0.442. The molecule has 0 saturated carbocycles. The van der Waals surface area contributed by atoms with Gasteiger partial charge in [0.25, 0.3) is 0 Å². The fourth-order valence-electron chi connectivity index (χ4n) is 2.42. The van der Waals surface area contributed by atoms with Crippen molar-refractivity contribution in [1.82, 2.24) is 0 Å².